The van der Waals surface area contributed by atoms with Crippen molar-refractivity contribution >= 4 is 26.1 Å². The molecule has 3 aromatic carbocycles. The standard InChI is InChI=1S/C24H24FNO6S2/c1-31-23-14-13-19(18-24(23)32-2)17-20(25)15-16-26(33(27,28)21-9-5-3-6-10-21)34(29,30)22-11-7-4-8-12-22/h3-14,17-18H,15-16H2,1-2H3/b20-17+. The van der Waals surface area contributed by atoms with Crippen LogP contribution in [-0.2, 0) is 20.0 Å². The lowest BCUT2D eigenvalue weighted by Gasteiger charge is -2.22. The number of nitrogens with zero attached hydrogens (tertiary/aromatic N) is 1. The summed E-state index contributed by atoms with van der Waals surface area (Å²) in [6.45, 7) is -0.621. The summed E-state index contributed by atoms with van der Waals surface area (Å²) in [5.74, 6) is 0.155. The maximum Gasteiger partial charge on any atom is 0.256 e. The van der Waals surface area contributed by atoms with E-state index < -0.39 is 38.8 Å². The van der Waals surface area contributed by atoms with Crippen LogP contribution in [0.2, 0.25) is 0 Å². The molecule has 3 aromatic rings. The van der Waals surface area contributed by atoms with Crippen molar-refractivity contribution in [2.24, 2.45) is 0 Å². The third-order valence-electron chi connectivity index (χ3n) is 4.88. The van der Waals surface area contributed by atoms with E-state index in [9.17, 15) is 21.2 Å². The predicted molar refractivity (Wildman–Crippen MR) is 127 cm³/mol. The minimum Gasteiger partial charge on any atom is -0.493 e. The summed E-state index contributed by atoms with van der Waals surface area (Å²) in [5.41, 5.74) is 0.443. The van der Waals surface area contributed by atoms with Crippen LogP contribution in [0.4, 0.5) is 4.39 Å². The van der Waals surface area contributed by atoms with Gasteiger partial charge in [-0.2, -0.15) is 0 Å². The molecule has 0 heterocycles. The molecule has 0 saturated carbocycles. The molecule has 0 aliphatic carbocycles. The average Bonchev–Trinajstić information content (AvgIpc) is 2.84. The van der Waals surface area contributed by atoms with Crippen molar-refractivity contribution in [3.63, 3.8) is 0 Å². The quantitative estimate of drug-likeness (QED) is 0.404. The van der Waals surface area contributed by atoms with Gasteiger partial charge < -0.3 is 9.47 Å². The topological polar surface area (TPSA) is 90.0 Å². The first-order valence-electron chi connectivity index (χ1n) is 10.2. The van der Waals surface area contributed by atoms with E-state index in [2.05, 4.69) is 0 Å². The zero-order chi connectivity index (χ0) is 24.8. The number of sulfonamides is 2. The van der Waals surface area contributed by atoms with E-state index in [0.29, 0.717) is 20.8 Å². The summed E-state index contributed by atoms with van der Waals surface area (Å²) in [6, 6.07) is 19.1. The van der Waals surface area contributed by atoms with Crippen molar-refractivity contribution in [1.82, 2.24) is 3.71 Å². The predicted octanol–water partition coefficient (Wildman–Crippen LogP) is 4.48. The van der Waals surface area contributed by atoms with Crippen LogP contribution in [-0.4, -0.2) is 41.3 Å². The second-order valence-electron chi connectivity index (χ2n) is 7.09. The van der Waals surface area contributed by atoms with Gasteiger partial charge in [0.05, 0.1) is 24.0 Å². The third-order valence-corrected chi connectivity index (χ3v) is 9.23. The molecule has 0 radical (unpaired) electrons. The lowest BCUT2D eigenvalue weighted by Crippen LogP contribution is -2.37. The summed E-state index contributed by atoms with van der Waals surface area (Å²) in [4.78, 5) is -0.419. The van der Waals surface area contributed by atoms with Gasteiger partial charge in [-0.05, 0) is 48.0 Å². The number of hydrogen-bond donors (Lipinski definition) is 0. The number of halogens is 1. The van der Waals surface area contributed by atoms with Crippen LogP contribution >= 0.6 is 0 Å². The molecule has 0 fully saturated rings. The minimum absolute atomic E-state index is 0.209. The van der Waals surface area contributed by atoms with Gasteiger partial charge in [-0.25, -0.2) is 21.2 Å². The van der Waals surface area contributed by atoms with Crippen molar-refractivity contribution < 1.29 is 30.7 Å². The van der Waals surface area contributed by atoms with Gasteiger partial charge in [0.1, 0.15) is 5.83 Å². The van der Waals surface area contributed by atoms with Crippen molar-refractivity contribution in [3.8, 4) is 11.5 Å². The number of rotatable bonds is 10. The van der Waals surface area contributed by atoms with Crippen LogP contribution < -0.4 is 9.47 Å². The molecule has 34 heavy (non-hydrogen) atoms. The first-order chi connectivity index (χ1) is 16.2. The fourth-order valence-corrected chi connectivity index (χ4v) is 6.87. The second kappa shape index (κ2) is 10.8. The highest BCUT2D eigenvalue weighted by atomic mass is 32.3. The second-order valence-corrected chi connectivity index (χ2v) is 11.0. The van der Waals surface area contributed by atoms with Gasteiger partial charge in [0.2, 0.25) is 0 Å². The van der Waals surface area contributed by atoms with E-state index >= 15 is 0 Å². The Morgan fingerprint density at radius 3 is 1.76 bits per heavy atom. The first-order valence-corrected chi connectivity index (χ1v) is 13.0. The molecule has 0 atom stereocenters. The molecule has 7 nitrogen and oxygen atoms in total. The van der Waals surface area contributed by atoms with Gasteiger partial charge in [-0.1, -0.05) is 46.2 Å². The van der Waals surface area contributed by atoms with Crippen LogP contribution in [0.25, 0.3) is 6.08 Å². The monoisotopic (exact) mass is 505 g/mol. The molecule has 0 aromatic heterocycles. The molecular weight excluding hydrogens is 481 g/mol. The third kappa shape index (κ3) is 5.64. The lowest BCUT2D eigenvalue weighted by atomic mass is 10.1. The summed E-state index contributed by atoms with van der Waals surface area (Å²) < 4.78 is 78.5. The molecule has 0 bridgehead atoms. The van der Waals surface area contributed by atoms with Gasteiger partial charge in [-0.3, -0.25) is 0 Å². The van der Waals surface area contributed by atoms with Gasteiger partial charge in [0.25, 0.3) is 20.0 Å². The van der Waals surface area contributed by atoms with E-state index in [1.165, 1.54) is 68.8 Å². The zero-order valence-electron chi connectivity index (χ0n) is 18.6. The fraction of sp³-hybridized carbons (Fsp3) is 0.167. The minimum atomic E-state index is -4.48. The highest BCUT2D eigenvalue weighted by Gasteiger charge is 2.36. The zero-order valence-corrected chi connectivity index (χ0v) is 20.2. The average molecular weight is 506 g/mol. The SMILES string of the molecule is COc1ccc(/C=C(/F)CCN(S(=O)(=O)c2ccccc2)S(=O)(=O)c2ccccc2)cc1OC. The first kappa shape index (κ1) is 25.4. The number of methoxy groups -OCH3 is 2. The Labute approximate surface area is 199 Å². The van der Waals surface area contributed by atoms with Crippen LogP contribution in [0.15, 0.2) is 94.5 Å². The van der Waals surface area contributed by atoms with E-state index in [1.807, 2.05) is 0 Å². The number of benzene rings is 3. The fourth-order valence-electron chi connectivity index (χ4n) is 3.18. The molecule has 0 spiro atoms. The van der Waals surface area contributed by atoms with Crippen LogP contribution in [0.3, 0.4) is 0 Å². The molecule has 180 valence electrons. The van der Waals surface area contributed by atoms with Crippen molar-refractivity contribution in [2.45, 2.75) is 16.2 Å². The Morgan fingerprint density at radius 2 is 1.29 bits per heavy atom. The van der Waals surface area contributed by atoms with Crippen LogP contribution in [0.5, 0.6) is 11.5 Å². The largest absolute Gasteiger partial charge is 0.493 e. The molecule has 0 aliphatic heterocycles. The van der Waals surface area contributed by atoms with E-state index in [-0.39, 0.29) is 9.79 Å². The lowest BCUT2D eigenvalue weighted by molar-refractivity contribution is 0.355. The normalized spacial score (nSPS) is 12.5. The molecule has 3 rings (SSSR count). The smallest absolute Gasteiger partial charge is 0.256 e. The molecule has 0 unspecified atom stereocenters. The van der Waals surface area contributed by atoms with Crippen LogP contribution in [0, 0.1) is 0 Å². The Hall–Kier alpha value is -3.21. The van der Waals surface area contributed by atoms with Gasteiger partial charge in [0, 0.05) is 13.0 Å². The van der Waals surface area contributed by atoms with Gasteiger partial charge >= 0.3 is 0 Å². The molecule has 10 heteroatoms. The van der Waals surface area contributed by atoms with E-state index in [4.69, 9.17) is 9.47 Å². The summed E-state index contributed by atoms with van der Waals surface area (Å²) in [5, 5.41) is 0. The highest BCUT2D eigenvalue weighted by Crippen LogP contribution is 2.29. The molecule has 0 aliphatic rings. The summed E-state index contributed by atoms with van der Waals surface area (Å²) >= 11 is 0. The number of ether oxygens (including phenoxy) is 2. The molecule has 0 saturated heterocycles. The van der Waals surface area contributed by atoms with Crippen molar-refractivity contribution in [3.05, 3.63) is 90.3 Å². The van der Waals surface area contributed by atoms with E-state index in [1.54, 1.807) is 30.3 Å². The Balaban J connectivity index is 1.94. The van der Waals surface area contributed by atoms with Crippen molar-refractivity contribution in [1.29, 1.82) is 0 Å². The molecule has 0 N–H and O–H groups in total. The Morgan fingerprint density at radius 1 is 0.794 bits per heavy atom. The summed E-state index contributed by atoms with van der Waals surface area (Å²) in [6.07, 6.45) is 0.719. The van der Waals surface area contributed by atoms with Crippen LogP contribution in [0.1, 0.15) is 12.0 Å². The highest BCUT2D eigenvalue weighted by molar-refractivity contribution is 8.04. The molecule has 0 amide bonds. The molecular formula is C24H24FNO6S2. The maximum absolute atomic E-state index is 14.8. The summed E-state index contributed by atoms with van der Waals surface area (Å²) in [7, 11) is -6.04. The van der Waals surface area contributed by atoms with Gasteiger partial charge in [0.15, 0.2) is 11.5 Å². The Kier molecular flexibility index (Phi) is 8.08. The number of hydrogen-bond acceptors (Lipinski definition) is 6. The van der Waals surface area contributed by atoms with Crippen molar-refractivity contribution in [2.75, 3.05) is 20.8 Å². The maximum atomic E-state index is 14.8. The van der Waals surface area contributed by atoms with Gasteiger partial charge in [-0.15, -0.1) is 0 Å². The van der Waals surface area contributed by atoms with E-state index in [0.717, 1.165) is 0 Å². The Bertz CT molecular complexity index is 1290.